The fourth-order valence-electron chi connectivity index (χ4n) is 7.90. The number of nitrogens with zero attached hydrogens (tertiary/aromatic N) is 1. The molecule has 6 rings (SSSR count). The first-order chi connectivity index (χ1) is 26.8. The van der Waals surface area contributed by atoms with Crippen LogP contribution in [-0.2, 0) is 21.1 Å². The highest BCUT2D eigenvalue weighted by Gasteiger charge is 2.49. The second-order valence-corrected chi connectivity index (χ2v) is 21.4. The second-order valence-electron chi connectivity index (χ2n) is 16.6. The minimum Gasteiger partial charge on any atom is -0.506 e. The highest BCUT2D eigenvalue weighted by atomic mass is 28.4. The van der Waals surface area contributed by atoms with Gasteiger partial charge in [-0.15, -0.1) is 0 Å². The summed E-state index contributed by atoms with van der Waals surface area (Å²) < 4.78 is 13.1. The maximum atomic E-state index is 13.4. The predicted octanol–water partition coefficient (Wildman–Crippen LogP) is 7.69. The first-order valence-electron chi connectivity index (χ1n) is 19.9. The van der Waals surface area contributed by atoms with Gasteiger partial charge in [0.2, 0.25) is 11.5 Å². The highest BCUT2D eigenvalue weighted by Crippen LogP contribution is 2.44. The van der Waals surface area contributed by atoms with Gasteiger partial charge >= 0.3 is 0 Å². The number of primary amides is 1. The van der Waals surface area contributed by atoms with Crippen LogP contribution in [0.3, 0.4) is 0 Å². The zero-order valence-corrected chi connectivity index (χ0v) is 34.5. The summed E-state index contributed by atoms with van der Waals surface area (Å²) in [5.41, 5.74) is 9.63. The lowest BCUT2D eigenvalue weighted by atomic mass is 9.64. The first-order valence-corrected chi connectivity index (χ1v) is 22.8. The van der Waals surface area contributed by atoms with Gasteiger partial charge in [0.25, 0.3) is 0 Å². The van der Waals surface area contributed by atoms with Crippen LogP contribution in [0, 0.1) is 5.92 Å². The lowest BCUT2D eigenvalue weighted by molar-refractivity contribution is -0.123. The summed E-state index contributed by atoms with van der Waals surface area (Å²) in [5, 5.41) is 14.9. The fourth-order valence-corrected chi connectivity index (χ4v) is 9.17. The van der Waals surface area contributed by atoms with Gasteiger partial charge in [-0.05, 0) is 103 Å². The van der Waals surface area contributed by atoms with Gasteiger partial charge in [0.1, 0.15) is 16.9 Å². The number of carbonyl (C=O) groups excluding carboxylic acids is 1. The van der Waals surface area contributed by atoms with Crippen molar-refractivity contribution in [2.45, 2.75) is 69.7 Å². The Hall–Kier alpha value is -4.74. The minimum absolute atomic E-state index is 0.0115. The standard InChI is InChI=1S/C46H58N4O5Si/c1-45(2,3)56(4,5)55-41(38-21-23-40(51)43-39(38)22-24-42(52)49-43)31-48-27-25-33-17-19-37(20-18-33)54-30-12-28-50-29-26-36(32-50)46(44(47)53,34-13-8-6-9-14-34)35-15-10-7-11-16-35/h6-11,13-24,36,41,48,51H,12,25-32H2,1-5H3,(H2,47,53)(H,49,52)/t36-,41+/m1/s1. The maximum Gasteiger partial charge on any atom is 0.248 e. The molecule has 296 valence electrons. The molecule has 1 aromatic heterocycles. The third kappa shape index (κ3) is 9.10. The van der Waals surface area contributed by atoms with Crippen molar-refractivity contribution < 1.29 is 19.1 Å². The SMILES string of the molecule is CC(C)(C)[Si](C)(C)O[C@@H](CNCCc1ccc(OCCCN2CC[C@@H](C(C(N)=O)(c3ccccc3)c3ccccc3)C2)cc1)c1ccc(O)c2[nH]c(=O)ccc12. The molecule has 5 N–H and O–H groups in total. The Morgan fingerprint density at radius 1 is 0.946 bits per heavy atom. The summed E-state index contributed by atoms with van der Waals surface area (Å²) in [7, 11) is -2.16. The van der Waals surface area contributed by atoms with E-state index in [9.17, 15) is 14.7 Å². The van der Waals surface area contributed by atoms with Crippen LogP contribution in [0.15, 0.2) is 114 Å². The number of nitrogens with one attached hydrogen (secondary N) is 2. The van der Waals surface area contributed by atoms with Crippen LogP contribution in [0.1, 0.15) is 62.0 Å². The number of hydrogen-bond acceptors (Lipinski definition) is 7. The van der Waals surface area contributed by atoms with Crippen LogP contribution >= 0.6 is 0 Å². The summed E-state index contributed by atoms with van der Waals surface area (Å²) in [6, 6.07) is 35.1. The Labute approximate surface area is 332 Å². The van der Waals surface area contributed by atoms with Crippen LogP contribution in [-0.4, -0.2) is 68.5 Å². The number of nitrogens with two attached hydrogens (primary N) is 1. The van der Waals surface area contributed by atoms with Gasteiger partial charge in [-0.1, -0.05) is 99.6 Å². The smallest absolute Gasteiger partial charge is 0.248 e. The average molecular weight is 775 g/mol. The normalized spacial score (nSPS) is 15.9. The number of phenols is 1. The quantitative estimate of drug-likeness (QED) is 0.0563. The average Bonchev–Trinajstić information content (AvgIpc) is 3.65. The molecule has 0 unspecified atom stereocenters. The van der Waals surface area contributed by atoms with Gasteiger partial charge in [0, 0.05) is 31.1 Å². The number of aromatic hydroxyl groups is 1. The number of pyridine rings is 1. The third-order valence-electron chi connectivity index (χ3n) is 12.0. The molecular formula is C46H58N4O5Si. The van der Waals surface area contributed by atoms with E-state index >= 15 is 0 Å². The van der Waals surface area contributed by atoms with Crippen LogP contribution < -0.4 is 21.3 Å². The summed E-state index contributed by atoms with van der Waals surface area (Å²) in [4.78, 5) is 30.7. The highest BCUT2D eigenvalue weighted by molar-refractivity contribution is 6.74. The molecule has 1 amide bonds. The Morgan fingerprint density at radius 3 is 2.23 bits per heavy atom. The van der Waals surface area contributed by atoms with E-state index in [-0.39, 0.29) is 34.3 Å². The Bertz CT molecular complexity index is 2080. The number of aromatic nitrogens is 1. The van der Waals surface area contributed by atoms with E-state index in [1.54, 1.807) is 12.1 Å². The number of hydrogen-bond donors (Lipinski definition) is 4. The monoisotopic (exact) mass is 774 g/mol. The van der Waals surface area contributed by atoms with E-state index in [0.29, 0.717) is 18.7 Å². The molecule has 0 bridgehead atoms. The number of aromatic amines is 1. The van der Waals surface area contributed by atoms with Crippen molar-refractivity contribution in [2.24, 2.45) is 11.7 Å². The van der Waals surface area contributed by atoms with Gasteiger partial charge in [0.05, 0.1) is 18.2 Å². The van der Waals surface area contributed by atoms with Gasteiger partial charge in [-0.25, -0.2) is 0 Å². The molecule has 1 aliphatic heterocycles. The molecule has 5 aromatic rings. The van der Waals surface area contributed by atoms with Gasteiger partial charge in [0.15, 0.2) is 8.32 Å². The van der Waals surface area contributed by atoms with E-state index in [1.165, 1.54) is 11.6 Å². The van der Waals surface area contributed by atoms with E-state index in [2.05, 4.69) is 61.2 Å². The molecule has 1 aliphatic rings. The largest absolute Gasteiger partial charge is 0.506 e. The number of benzene rings is 4. The summed E-state index contributed by atoms with van der Waals surface area (Å²) >= 11 is 0. The molecule has 9 nitrogen and oxygen atoms in total. The van der Waals surface area contributed by atoms with E-state index in [4.69, 9.17) is 14.9 Å². The maximum absolute atomic E-state index is 13.4. The van der Waals surface area contributed by atoms with Crippen molar-refractivity contribution >= 4 is 25.1 Å². The molecule has 2 heterocycles. The summed E-state index contributed by atoms with van der Waals surface area (Å²) in [6.45, 7) is 15.7. The lowest BCUT2D eigenvalue weighted by Gasteiger charge is -2.39. The molecule has 56 heavy (non-hydrogen) atoms. The van der Waals surface area contributed by atoms with Gasteiger partial charge < -0.3 is 35.2 Å². The summed E-state index contributed by atoms with van der Waals surface area (Å²) in [5.74, 6) is 0.667. The molecular weight excluding hydrogens is 717 g/mol. The zero-order chi connectivity index (χ0) is 39.9. The molecule has 0 aliphatic carbocycles. The topological polar surface area (TPSA) is 130 Å². The summed E-state index contributed by atoms with van der Waals surface area (Å²) in [6.07, 6.45) is 2.35. The van der Waals surface area contributed by atoms with Crippen molar-refractivity contribution in [3.8, 4) is 11.5 Å². The minimum atomic E-state index is -2.16. The van der Waals surface area contributed by atoms with Gasteiger partial charge in [-0.2, -0.15) is 0 Å². The number of likely N-dealkylation sites (tertiary alicyclic amines) is 1. The number of fused-ring (bicyclic) bond motifs is 1. The third-order valence-corrected chi connectivity index (χ3v) is 16.4. The lowest BCUT2D eigenvalue weighted by Crippen LogP contribution is -2.49. The molecule has 1 fully saturated rings. The number of amides is 1. The van der Waals surface area contributed by atoms with Gasteiger partial charge in [-0.3, -0.25) is 9.59 Å². The predicted molar refractivity (Wildman–Crippen MR) is 228 cm³/mol. The molecule has 0 spiro atoms. The zero-order valence-electron chi connectivity index (χ0n) is 33.5. The van der Waals surface area contributed by atoms with Crippen LogP contribution in [0.4, 0.5) is 0 Å². The molecule has 1 saturated heterocycles. The Balaban J connectivity index is 1.000. The number of ether oxygens (including phenoxy) is 1. The van der Waals surface area contributed by atoms with E-state index < -0.39 is 13.7 Å². The van der Waals surface area contributed by atoms with Crippen molar-refractivity contribution in [1.29, 1.82) is 0 Å². The molecule has 0 saturated carbocycles. The van der Waals surface area contributed by atoms with Crippen LogP contribution in [0.5, 0.6) is 11.5 Å². The second kappa shape index (κ2) is 17.6. The fraction of sp³-hybridized carbons (Fsp3) is 0.391. The molecule has 10 heteroatoms. The number of rotatable bonds is 17. The van der Waals surface area contributed by atoms with E-state index in [1.807, 2.05) is 78.9 Å². The number of phenolic OH excluding ortho intramolecular Hbond substituents is 1. The van der Waals surface area contributed by atoms with Crippen molar-refractivity contribution in [1.82, 2.24) is 15.2 Å². The van der Waals surface area contributed by atoms with Crippen LogP contribution in [0.25, 0.3) is 10.9 Å². The Morgan fingerprint density at radius 2 is 1.61 bits per heavy atom. The van der Waals surface area contributed by atoms with Crippen molar-refractivity contribution in [3.63, 3.8) is 0 Å². The molecule has 4 aromatic carbocycles. The number of H-pyrrole nitrogens is 1. The number of carbonyl (C=O) groups is 1. The van der Waals surface area contributed by atoms with Crippen molar-refractivity contribution in [3.05, 3.63) is 142 Å². The molecule has 0 radical (unpaired) electrons. The van der Waals surface area contributed by atoms with E-state index in [0.717, 1.165) is 73.3 Å². The van der Waals surface area contributed by atoms with Crippen molar-refractivity contribution in [2.75, 3.05) is 39.3 Å². The Kier molecular flexibility index (Phi) is 12.8. The first kappa shape index (κ1) is 40.9. The van der Waals surface area contributed by atoms with Crippen LogP contribution in [0.2, 0.25) is 18.1 Å². The molecule has 2 atom stereocenters.